The summed E-state index contributed by atoms with van der Waals surface area (Å²) in [5.74, 6) is 2.07. The van der Waals surface area contributed by atoms with E-state index in [0.29, 0.717) is 11.5 Å². The van der Waals surface area contributed by atoms with Gasteiger partial charge in [0.2, 0.25) is 0 Å². The van der Waals surface area contributed by atoms with Gasteiger partial charge in [-0.25, -0.2) is 4.98 Å². The van der Waals surface area contributed by atoms with Crippen LogP contribution in [0, 0.1) is 18.8 Å². The first-order chi connectivity index (χ1) is 27.7. The van der Waals surface area contributed by atoms with E-state index in [-0.39, 0.29) is 26.5 Å². The average Bonchev–Trinajstić information content (AvgIpc) is 3.80. The molecule has 288 valence electrons. The van der Waals surface area contributed by atoms with Gasteiger partial charge in [-0.1, -0.05) is 87.0 Å². The number of benzene rings is 6. The van der Waals surface area contributed by atoms with E-state index in [1.54, 1.807) is 0 Å². The average molecular weight is 934 g/mol. The molecule has 0 amide bonds. The zero-order valence-electron chi connectivity index (χ0n) is 33.2. The molecule has 0 atom stereocenters. The first-order valence-corrected chi connectivity index (χ1v) is 19.5. The van der Waals surface area contributed by atoms with Gasteiger partial charge in [-0.2, -0.15) is 18.8 Å². The number of aromatic nitrogens is 3. The summed E-state index contributed by atoms with van der Waals surface area (Å²) in [5.41, 5.74) is 14.8. The van der Waals surface area contributed by atoms with Crippen molar-refractivity contribution >= 4 is 49.3 Å². The molecule has 5 heterocycles. The quantitative estimate of drug-likeness (QED) is 0.165. The number of allylic oxidation sites excluding steroid dienone is 2. The van der Waals surface area contributed by atoms with E-state index in [2.05, 4.69) is 183 Å². The van der Waals surface area contributed by atoms with Crippen LogP contribution in [0.3, 0.4) is 0 Å². The maximum atomic E-state index is 6.63. The summed E-state index contributed by atoms with van der Waals surface area (Å²) >= 11 is 0. The minimum atomic E-state index is -0.0639. The third kappa shape index (κ3) is 5.31. The summed E-state index contributed by atoms with van der Waals surface area (Å²) in [6.45, 7) is 13.1. The summed E-state index contributed by atoms with van der Waals surface area (Å²) in [4.78, 5) is 9.30. The minimum Gasteiger partial charge on any atom is -0.509 e. The zero-order chi connectivity index (χ0) is 38.7. The van der Waals surface area contributed by atoms with Crippen molar-refractivity contribution in [1.82, 2.24) is 19.0 Å². The van der Waals surface area contributed by atoms with E-state index in [0.717, 1.165) is 44.7 Å². The van der Waals surface area contributed by atoms with Crippen molar-refractivity contribution in [3.63, 3.8) is 0 Å². The number of hydrogen-bond donors (Lipinski definition) is 0. The van der Waals surface area contributed by atoms with Crippen LogP contribution in [0.25, 0.3) is 77.4 Å². The molecule has 0 fully saturated rings. The van der Waals surface area contributed by atoms with Gasteiger partial charge in [0.1, 0.15) is 5.82 Å². The van der Waals surface area contributed by atoms with Crippen molar-refractivity contribution in [3.05, 3.63) is 163 Å². The number of ether oxygens (including phenoxy) is 1. The summed E-state index contributed by atoms with van der Waals surface area (Å²) in [6.07, 6.45) is 1.93. The third-order valence-electron chi connectivity index (χ3n) is 12.0. The fourth-order valence-corrected chi connectivity index (χ4v) is 8.96. The van der Waals surface area contributed by atoms with Gasteiger partial charge in [-0.15, -0.1) is 41.4 Å². The Labute approximate surface area is 352 Å². The monoisotopic (exact) mass is 933 g/mol. The molecule has 0 saturated carbocycles. The predicted octanol–water partition coefficient (Wildman–Crippen LogP) is 12.7. The minimum absolute atomic E-state index is 0. The topological polar surface area (TPSA) is 38.5 Å². The Kier molecular flexibility index (Phi) is 8.27. The van der Waals surface area contributed by atoms with Crippen molar-refractivity contribution in [2.75, 3.05) is 11.9 Å². The first-order valence-electron chi connectivity index (χ1n) is 19.5. The second-order valence-corrected chi connectivity index (χ2v) is 16.3. The van der Waals surface area contributed by atoms with Gasteiger partial charge in [0.25, 0.3) is 0 Å². The Morgan fingerprint density at radius 1 is 0.655 bits per heavy atom. The summed E-state index contributed by atoms with van der Waals surface area (Å²) in [6, 6.07) is 50.8. The molecule has 0 radical (unpaired) electrons. The fourth-order valence-electron chi connectivity index (χ4n) is 8.96. The summed E-state index contributed by atoms with van der Waals surface area (Å²) < 4.78 is 11.4. The van der Waals surface area contributed by atoms with Gasteiger partial charge in [-0.05, 0) is 84.4 Å². The number of para-hydroxylation sites is 2. The molecule has 6 aromatic carbocycles. The molecule has 2 aliphatic heterocycles. The van der Waals surface area contributed by atoms with Gasteiger partial charge < -0.3 is 23.7 Å². The molecule has 0 bridgehead atoms. The van der Waals surface area contributed by atoms with Crippen molar-refractivity contribution in [1.29, 1.82) is 0 Å². The zero-order valence-corrected chi connectivity index (χ0v) is 35.4. The Balaban J connectivity index is 0.00000408. The maximum absolute atomic E-state index is 6.63. The van der Waals surface area contributed by atoms with Gasteiger partial charge in [0.15, 0.2) is 0 Å². The molecular formula is C51H40N5OPt-3. The molecule has 0 saturated heterocycles. The Morgan fingerprint density at radius 2 is 1.40 bits per heavy atom. The SMILES string of the molecule is CC1=C(C)N(c2[c-]c(Oc3[c-]c4c(cc3)c3c5c(ccc3n4-c3cc(C(C)(C)C)ccn3)-n3c4ccccc4c4cccc(c43)-c3ccccc3-5)ccc2)[CH-]N1C.[Pt]. The molecule has 6 nitrogen and oxygen atoms in total. The van der Waals surface area contributed by atoms with Gasteiger partial charge in [-0.3, -0.25) is 0 Å². The molecule has 7 heteroatoms. The van der Waals surface area contributed by atoms with Crippen molar-refractivity contribution < 1.29 is 25.8 Å². The van der Waals surface area contributed by atoms with E-state index in [1.807, 2.05) is 24.4 Å². The number of nitrogens with zero attached hydrogens (tertiary/aromatic N) is 5. The van der Waals surface area contributed by atoms with Crippen LogP contribution in [-0.2, 0) is 26.5 Å². The molecule has 0 aliphatic carbocycles. The van der Waals surface area contributed by atoms with Crippen LogP contribution in [0.5, 0.6) is 11.5 Å². The molecule has 0 spiro atoms. The van der Waals surface area contributed by atoms with Crippen LogP contribution in [0.2, 0.25) is 0 Å². The molecule has 2 aliphatic rings. The van der Waals surface area contributed by atoms with Crippen LogP contribution in [0.4, 0.5) is 5.69 Å². The number of fused-ring (bicyclic) bond motifs is 12. The van der Waals surface area contributed by atoms with Crippen LogP contribution < -0.4 is 9.64 Å². The molecule has 58 heavy (non-hydrogen) atoms. The van der Waals surface area contributed by atoms with Gasteiger partial charge in [0.05, 0.1) is 16.7 Å². The van der Waals surface area contributed by atoms with Crippen molar-refractivity contribution in [3.8, 4) is 45.3 Å². The van der Waals surface area contributed by atoms with E-state index >= 15 is 0 Å². The smallest absolute Gasteiger partial charge is 0.135 e. The second-order valence-electron chi connectivity index (χ2n) is 16.3. The van der Waals surface area contributed by atoms with Gasteiger partial charge in [0, 0.05) is 71.9 Å². The summed E-state index contributed by atoms with van der Waals surface area (Å²) in [5, 5.41) is 4.73. The van der Waals surface area contributed by atoms with E-state index < -0.39 is 0 Å². The van der Waals surface area contributed by atoms with E-state index in [9.17, 15) is 0 Å². The molecular weight excluding hydrogens is 894 g/mol. The Morgan fingerprint density at radius 3 is 2.21 bits per heavy atom. The number of pyridine rings is 1. The van der Waals surface area contributed by atoms with Crippen molar-refractivity contribution in [2.24, 2.45) is 0 Å². The van der Waals surface area contributed by atoms with Crippen molar-refractivity contribution in [2.45, 2.75) is 40.0 Å². The standard InChI is InChI=1S/C51H40N5O.Pt/c1-31-32(2)54(30-53(31)6)34-13-11-14-35(28-34)57-36-21-22-42-46(29-36)55(47-27-33(25-26-52-47)51(3,4)5)44-23-24-45-48(49(42)44)39-17-8-7-15-37(39)40-18-12-19-41-38-16-9-10-20-43(38)56(45)50(40)41;/h7-27,30H,1-6H3;/q-3;. The molecule has 0 unspecified atom stereocenters. The van der Waals surface area contributed by atoms with Crippen LogP contribution in [-0.4, -0.2) is 26.1 Å². The van der Waals surface area contributed by atoms with Crippen LogP contribution >= 0.6 is 0 Å². The second kappa shape index (κ2) is 13.2. The van der Waals surface area contributed by atoms with Crippen LogP contribution in [0.1, 0.15) is 40.2 Å². The first kappa shape index (κ1) is 36.3. The number of hydrogen-bond acceptors (Lipinski definition) is 4. The van der Waals surface area contributed by atoms with Gasteiger partial charge >= 0.3 is 0 Å². The Hall–Kier alpha value is -6.10. The Bertz CT molecular complexity index is 3180. The maximum Gasteiger partial charge on any atom is 0.135 e. The molecule has 3 aromatic heterocycles. The predicted molar refractivity (Wildman–Crippen MR) is 233 cm³/mol. The molecule has 0 N–H and O–H groups in total. The van der Waals surface area contributed by atoms with E-state index in [4.69, 9.17) is 9.72 Å². The molecule has 11 rings (SSSR count). The number of rotatable bonds is 4. The van der Waals surface area contributed by atoms with E-state index in [1.165, 1.54) is 55.3 Å². The third-order valence-corrected chi connectivity index (χ3v) is 12.0. The molecule has 9 aromatic rings. The summed E-state index contributed by atoms with van der Waals surface area (Å²) in [7, 11) is 2.06. The largest absolute Gasteiger partial charge is 0.509 e. The van der Waals surface area contributed by atoms with Crippen LogP contribution in [0.15, 0.2) is 139 Å². The fraction of sp³-hybridized carbons (Fsp3) is 0.137. The normalized spacial score (nSPS) is 13.7. The number of anilines is 1.